The molecule has 7 heteroatoms. The minimum absolute atomic E-state index is 0. The molecule has 3 N–H and O–H groups in total. The van der Waals surface area contributed by atoms with Gasteiger partial charge in [-0.15, -0.1) is 12.4 Å². The first kappa shape index (κ1) is 20.2. The number of nitriles is 1. The maximum atomic E-state index is 12.2. The van der Waals surface area contributed by atoms with E-state index in [1.54, 1.807) is 24.3 Å². The third kappa shape index (κ3) is 4.54. The first-order chi connectivity index (χ1) is 12.0. The molecule has 3 rings (SSSR count). The number of amides is 1. The van der Waals surface area contributed by atoms with Gasteiger partial charge in [-0.2, -0.15) is 5.26 Å². The van der Waals surface area contributed by atoms with Crippen LogP contribution < -0.4 is 10.6 Å². The van der Waals surface area contributed by atoms with E-state index >= 15 is 0 Å². The van der Waals surface area contributed by atoms with Gasteiger partial charge in [0.25, 0.3) is 5.91 Å². The fourth-order valence-electron chi connectivity index (χ4n) is 2.83. The zero-order valence-corrected chi connectivity index (χ0v) is 15.5. The quantitative estimate of drug-likeness (QED) is 0.747. The Bertz CT molecular complexity index is 826. The number of carbonyl (C=O) groups excluding carboxylic acids is 1. The van der Waals surface area contributed by atoms with Gasteiger partial charge < -0.3 is 15.7 Å². The molecule has 26 heavy (non-hydrogen) atoms. The van der Waals surface area contributed by atoms with Crippen LogP contribution in [0.5, 0.6) is 0 Å². The average Bonchev–Trinajstić information content (AvgIpc) is 3.07. The topological polar surface area (TPSA) is 85.2 Å². The molecule has 0 spiro atoms. The molecule has 1 saturated heterocycles. The first-order valence-corrected chi connectivity index (χ1v) is 8.40. The highest BCUT2D eigenvalue weighted by Gasteiger charge is 2.31. The molecule has 2 aromatic carbocycles. The van der Waals surface area contributed by atoms with Crippen molar-refractivity contribution in [3.63, 3.8) is 0 Å². The lowest BCUT2D eigenvalue weighted by atomic mass is 10.0. The number of hydrogen-bond donors (Lipinski definition) is 3. The summed E-state index contributed by atoms with van der Waals surface area (Å²) in [5, 5.41) is 25.4. The van der Waals surface area contributed by atoms with E-state index in [1.165, 1.54) is 0 Å². The van der Waals surface area contributed by atoms with E-state index < -0.39 is 5.60 Å². The molecular weight excluding hydrogens is 373 g/mol. The number of nitrogens with zero attached hydrogens (tertiary/aromatic N) is 1. The van der Waals surface area contributed by atoms with E-state index in [2.05, 4.69) is 10.6 Å². The lowest BCUT2D eigenvalue weighted by molar-refractivity contribution is 0.0562. The fourth-order valence-corrected chi connectivity index (χ4v) is 3.05. The van der Waals surface area contributed by atoms with Gasteiger partial charge >= 0.3 is 0 Å². The Hall–Kier alpha value is -2.10. The summed E-state index contributed by atoms with van der Waals surface area (Å²) in [7, 11) is 0. The third-order valence-electron chi connectivity index (χ3n) is 4.37. The summed E-state index contributed by atoms with van der Waals surface area (Å²) in [5.41, 5.74) is 1.87. The van der Waals surface area contributed by atoms with Crippen molar-refractivity contribution < 1.29 is 9.90 Å². The number of β-amino-alcohol motifs (C(OH)–C–C–N with tert-alkyl or cyclic N) is 1. The van der Waals surface area contributed by atoms with E-state index in [0.29, 0.717) is 29.1 Å². The van der Waals surface area contributed by atoms with Crippen LogP contribution in [-0.2, 0) is 0 Å². The summed E-state index contributed by atoms with van der Waals surface area (Å²) in [6.45, 7) is 1.48. The van der Waals surface area contributed by atoms with Crippen LogP contribution in [0.3, 0.4) is 0 Å². The Morgan fingerprint density at radius 3 is 2.54 bits per heavy atom. The average molecular weight is 392 g/mol. The molecule has 1 unspecified atom stereocenters. The van der Waals surface area contributed by atoms with Crippen molar-refractivity contribution in [3.8, 4) is 17.2 Å². The van der Waals surface area contributed by atoms with Gasteiger partial charge in [0.15, 0.2) is 0 Å². The molecule has 136 valence electrons. The molecule has 1 heterocycles. The van der Waals surface area contributed by atoms with Gasteiger partial charge in [0.05, 0.1) is 16.2 Å². The second kappa shape index (κ2) is 8.52. The van der Waals surface area contributed by atoms with Crippen molar-refractivity contribution in [2.45, 2.75) is 12.0 Å². The van der Waals surface area contributed by atoms with Crippen LogP contribution in [-0.4, -0.2) is 36.2 Å². The molecule has 0 bridgehead atoms. The summed E-state index contributed by atoms with van der Waals surface area (Å²) >= 11 is 6.06. The Labute approximate surface area is 163 Å². The van der Waals surface area contributed by atoms with E-state index in [9.17, 15) is 9.90 Å². The van der Waals surface area contributed by atoms with Crippen molar-refractivity contribution >= 4 is 29.9 Å². The summed E-state index contributed by atoms with van der Waals surface area (Å²) in [4.78, 5) is 12.2. The van der Waals surface area contributed by atoms with Gasteiger partial charge in [0.2, 0.25) is 0 Å². The molecule has 1 fully saturated rings. The Kier molecular flexibility index (Phi) is 6.63. The van der Waals surface area contributed by atoms with E-state index in [4.69, 9.17) is 16.9 Å². The lowest BCUT2D eigenvalue weighted by Gasteiger charge is -2.21. The minimum Gasteiger partial charge on any atom is -0.387 e. The van der Waals surface area contributed by atoms with Gasteiger partial charge in [-0.25, -0.2) is 0 Å². The summed E-state index contributed by atoms with van der Waals surface area (Å²) < 4.78 is 0. The van der Waals surface area contributed by atoms with Gasteiger partial charge in [-0.3, -0.25) is 4.79 Å². The molecule has 0 saturated carbocycles. The Balaban J connectivity index is 0.00000243. The number of halogens is 2. The zero-order valence-electron chi connectivity index (χ0n) is 14.0. The zero-order chi connectivity index (χ0) is 17.9. The van der Waals surface area contributed by atoms with Gasteiger partial charge in [0, 0.05) is 18.7 Å². The number of nitrogens with one attached hydrogen (secondary N) is 2. The SMILES string of the molecule is Cl.N#Cc1ccc(-c2ccc(C(=O)NCC3(O)CCNC3)cc2)cc1Cl. The molecule has 0 radical (unpaired) electrons. The van der Waals surface area contributed by atoms with Crippen molar-refractivity contribution in [1.29, 1.82) is 5.26 Å². The van der Waals surface area contributed by atoms with Gasteiger partial charge in [-0.05, 0) is 48.4 Å². The smallest absolute Gasteiger partial charge is 0.251 e. The summed E-state index contributed by atoms with van der Waals surface area (Å²) in [6.07, 6.45) is 0.631. The summed E-state index contributed by atoms with van der Waals surface area (Å²) in [6, 6.07) is 14.4. The fraction of sp³-hybridized carbons (Fsp3) is 0.263. The molecule has 1 atom stereocenters. The number of hydrogen-bond acceptors (Lipinski definition) is 4. The third-order valence-corrected chi connectivity index (χ3v) is 4.68. The van der Waals surface area contributed by atoms with Crippen molar-refractivity contribution in [2.24, 2.45) is 0 Å². The van der Waals surface area contributed by atoms with E-state index in [0.717, 1.165) is 17.7 Å². The summed E-state index contributed by atoms with van der Waals surface area (Å²) in [5.74, 6) is -0.218. The molecule has 0 aromatic heterocycles. The largest absolute Gasteiger partial charge is 0.387 e. The number of rotatable bonds is 4. The van der Waals surface area contributed by atoms with Crippen LogP contribution in [0.1, 0.15) is 22.3 Å². The Morgan fingerprint density at radius 2 is 1.96 bits per heavy atom. The molecule has 1 aliphatic rings. The Morgan fingerprint density at radius 1 is 1.27 bits per heavy atom. The number of benzene rings is 2. The van der Waals surface area contributed by atoms with Crippen LogP contribution in [0.2, 0.25) is 5.02 Å². The monoisotopic (exact) mass is 391 g/mol. The number of aliphatic hydroxyl groups is 1. The van der Waals surface area contributed by atoms with E-state index in [-0.39, 0.29) is 24.9 Å². The van der Waals surface area contributed by atoms with Crippen molar-refractivity contribution in [3.05, 3.63) is 58.6 Å². The molecule has 2 aromatic rings. The molecule has 0 aliphatic carbocycles. The highest BCUT2D eigenvalue weighted by atomic mass is 35.5. The second-order valence-corrected chi connectivity index (χ2v) is 6.62. The molecule has 1 amide bonds. The van der Waals surface area contributed by atoms with Crippen LogP contribution in [0.15, 0.2) is 42.5 Å². The van der Waals surface area contributed by atoms with Crippen LogP contribution >= 0.6 is 24.0 Å². The second-order valence-electron chi connectivity index (χ2n) is 6.22. The highest BCUT2D eigenvalue weighted by molar-refractivity contribution is 6.32. The van der Waals surface area contributed by atoms with Gasteiger partial charge in [-0.1, -0.05) is 29.8 Å². The van der Waals surface area contributed by atoms with Crippen molar-refractivity contribution in [1.82, 2.24) is 10.6 Å². The number of carbonyl (C=O) groups is 1. The predicted molar refractivity (Wildman–Crippen MR) is 104 cm³/mol. The standard InChI is InChI=1S/C19H18ClN3O2.ClH/c20-17-9-15(5-6-16(17)10-21)13-1-3-14(4-2-13)18(24)23-12-19(25)7-8-22-11-19;/h1-6,9,22,25H,7-8,11-12H2,(H,23,24);1H. The van der Waals surface area contributed by atoms with Crippen LogP contribution in [0.4, 0.5) is 0 Å². The normalized spacial score (nSPS) is 18.7. The highest BCUT2D eigenvalue weighted by Crippen LogP contribution is 2.25. The molecular formula is C19H19Cl2N3O2. The van der Waals surface area contributed by atoms with Crippen molar-refractivity contribution in [2.75, 3.05) is 19.6 Å². The van der Waals surface area contributed by atoms with Crippen LogP contribution in [0.25, 0.3) is 11.1 Å². The minimum atomic E-state index is -0.866. The lowest BCUT2D eigenvalue weighted by Crippen LogP contribution is -2.44. The van der Waals surface area contributed by atoms with Crippen LogP contribution in [0, 0.1) is 11.3 Å². The molecule has 5 nitrogen and oxygen atoms in total. The maximum Gasteiger partial charge on any atom is 0.251 e. The first-order valence-electron chi connectivity index (χ1n) is 8.02. The predicted octanol–water partition coefficient (Wildman–Crippen LogP) is 2.75. The maximum absolute atomic E-state index is 12.2. The van der Waals surface area contributed by atoms with Gasteiger partial charge in [0.1, 0.15) is 6.07 Å². The van der Waals surface area contributed by atoms with E-state index in [1.807, 2.05) is 24.3 Å². The molecule has 1 aliphatic heterocycles.